The summed E-state index contributed by atoms with van der Waals surface area (Å²) in [7, 11) is 0. The Kier molecular flexibility index (Phi) is 5.27. The quantitative estimate of drug-likeness (QED) is 0.859. The molecule has 0 aliphatic rings. The zero-order valence-electron chi connectivity index (χ0n) is 12.3. The topological polar surface area (TPSA) is 80.9 Å². The molecule has 1 atom stereocenters. The molecule has 0 saturated carbocycles. The van der Waals surface area contributed by atoms with E-state index < -0.39 is 0 Å². The third-order valence-electron chi connectivity index (χ3n) is 3.11. The van der Waals surface area contributed by atoms with Gasteiger partial charge < -0.3 is 11.1 Å². The highest BCUT2D eigenvalue weighted by Gasteiger charge is 2.12. The Balaban J connectivity index is 2.00. The van der Waals surface area contributed by atoms with Gasteiger partial charge in [0.05, 0.1) is 5.01 Å². The van der Waals surface area contributed by atoms with E-state index in [-0.39, 0.29) is 11.8 Å². The molecule has 0 aliphatic carbocycles. The number of amides is 1. The van der Waals surface area contributed by atoms with Crippen molar-refractivity contribution in [1.29, 1.82) is 0 Å². The molecule has 2 rings (SSSR count). The standard InChI is InChI=1S/C15H20N4OS/c1-3-4-12-7-11(8-13(16)19-12)14(20)18-9-10(2)15-17-5-6-21-15/h5-8,10H,3-4,9H2,1-2H3,(H2,16,19)(H,18,20). The van der Waals surface area contributed by atoms with Crippen LogP contribution in [-0.2, 0) is 6.42 Å². The normalized spacial score (nSPS) is 12.1. The highest BCUT2D eigenvalue weighted by Crippen LogP contribution is 2.17. The zero-order chi connectivity index (χ0) is 15.2. The number of aryl methyl sites for hydroxylation is 1. The molecule has 2 aromatic heterocycles. The Morgan fingerprint density at radius 3 is 2.95 bits per heavy atom. The van der Waals surface area contributed by atoms with Gasteiger partial charge in [0, 0.05) is 35.3 Å². The van der Waals surface area contributed by atoms with Crippen LogP contribution in [0.4, 0.5) is 5.82 Å². The molecule has 0 aliphatic heterocycles. The second kappa shape index (κ2) is 7.17. The van der Waals surface area contributed by atoms with Gasteiger partial charge in [0.1, 0.15) is 5.82 Å². The molecule has 112 valence electrons. The van der Waals surface area contributed by atoms with Crippen LogP contribution in [0, 0.1) is 0 Å². The van der Waals surface area contributed by atoms with E-state index in [9.17, 15) is 4.79 Å². The Morgan fingerprint density at radius 2 is 2.29 bits per heavy atom. The van der Waals surface area contributed by atoms with Crippen LogP contribution in [0.15, 0.2) is 23.7 Å². The second-order valence-electron chi connectivity index (χ2n) is 5.00. The van der Waals surface area contributed by atoms with Crippen molar-refractivity contribution in [1.82, 2.24) is 15.3 Å². The number of nitrogens with one attached hydrogen (secondary N) is 1. The number of carbonyl (C=O) groups excluding carboxylic acids is 1. The van der Waals surface area contributed by atoms with Crippen molar-refractivity contribution in [2.24, 2.45) is 0 Å². The summed E-state index contributed by atoms with van der Waals surface area (Å²) in [6.45, 7) is 4.67. The smallest absolute Gasteiger partial charge is 0.251 e. The van der Waals surface area contributed by atoms with Crippen LogP contribution in [0.3, 0.4) is 0 Å². The Morgan fingerprint density at radius 1 is 1.48 bits per heavy atom. The van der Waals surface area contributed by atoms with Gasteiger partial charge in [-0.15, -0.1) is 11.3 Å². The zero-order valence-corrected chi connectivity index (χ0v) is 13.1. The fourth-order valence-corrected chi connectivity index (χ4v) is 2.74. The molecule has 5 nitrogen and oxygen atoms in total. The average Bonchev–Trinajstić information content (AvgIpc) is 2.98. The van der Waals surface area contributed by atoms with E-state index in [2.05, 4.69) is 22.2 Å². The fourth-order valence-electron chi connectivity index (χ4n) is 2.04. The van der Waals surface area contributed by atoms with Gasteiger partial charge in [-0.25, -0.2) is 9.97 Å². The summed E-state index contributed by atoms with van der Waals surface area (Å²) in [4.78, 5) is 20.7. The third kappa shape index (κ3) is 4.26. The number of rotatable bonds is 6. The van der Waals surface area contributed by atoms with Crippen molar-refractivity contribution in [3.63, 3.8) is 0 Å². The third-order valence-corrected chi connectivity index (χ3v) is 4.12. The molecule has 0 bridgehead atoms. The maximum Gasteiger partial charge on any atom is 0.251 e. The van der Waals surface area contributed by atoms with Crippen LogP contribution in [0.2, 0.25) is 0 Å². The Bertz CT molecular complexity index is 598. The second-order valence-corrected chi connectivity index (χ2v) is 5.93. The summed E-state index contributed by atoms with van der Waals surface area (Å²) in [6.07, 6.45) is 3.57. The molecule has 0 saturated heterocycles. The Labute approximate surface area is 128 Å². The lowest BCUT2D eigenvalue weighted by Crippen LogP contribution is -2.27. The predicted molar refractivity (Wildman–Crippen MR) is 85.5 cm³/mol. The first-order chi connectivity index (χ1) is 10.1. The lowest BCUT2D eigenvalue weighted by atomic mass is 10.1. The van der Waals surface area contributed by atoms with Crippen LogP contribution in [0.1, 0.15) is 47.2 Å². The van der Waals surface area contributed by atoms with E-state index >= 15 is 0 Å². The van der Waals surface area contributed by atoms with E-state index in [4.69, 9.17) is 5.73 Å². The van der Waals surface area contributed by atoms with Crippen molar-refractivity contribution in [2.75, 3.05) is 12.3 Å². The summed E-state index contributed by atoms with van der Waals surface area (Å²) >= 11 is 1.60. The minimum absolute atomic E-state index is 0.121. The number of nitrogens with zero attached hydrogens (tertiary/aromatic N) is 2. The number of thiazole rings is 1. The minimum atomic E-state index is -0.121. The van der Waals surface area contributed by atoms with Gasteiger partial charge >= 0.3 is 0 Å². The molecule has 6 heteroatoms. The van der Waals surface area contributed by atoms with E-state index in [1.54, 1.807) is 23.6 Å². The number of hydrogen-bond donors (Lipinski definition) is 2. The highest BCUT2D eigenvalue weighted by atomic mass is 32.1. The molecule has 21 heavy (non-hydrogen) atoms. The first-order valence-electron chi connectivity index (χ1n) is 7.04. The van der Waals surface area contributed by atoms with Crippen molar-refractivity contribution < 1.29 is 4.79 Å². The summed E-state index contributed by atoms with van der Waals surface area (Å²) in [6, 6.07) is 3.42. The van der Waals surface area contributed by atoms with Gasteiger partial charge in [0.15, 0.2) is 0 Å². The van der Waals surface area contributed by atoms with Gasteiger partial charge in [0.25, 0.3) is 5.91 Å². The first-order valence-corrected chi connectivity index (χ1v) is 7.92. The van der Waals surface area contributed by atoms with Crippen molar-refractivity contribution in [3.8, 4) is 0 Å². The maximum atomic E-state index is 12.2. The summed E-state index contributed by atoms with van der Waals surface area (Å²) in [5.74, 6) is 0.465. The molecule has 0 radical (unpaired) electrons. The van der Waals surface area contributed by atoms with Gasteiger partial charge in [-0.3, -0.25) is 4.79 Å². The van der Waals surface area contributed by atoms with Crippen LogP contribution in [0.5, 0.6) is 0 Å². The van der Waals surface area contributed by atoms with E-state index in [0.29, 0.717) is 17.9 Å². The van der Waals surface area contributed by atoms with E-state index in [1.807, 2.05) is 18.4 Å². The molecule has 1 unspecified atom stereocenters. The van der Waals surface area contributed by atoms with Gasteiger partial charge in [0.2, 0.25) is 0 Å². The molecule has 0 fully saturated rings. The largest absolute Gasteiger partial charge is 0.384 e. The number of pyridine rings is 1. The van der Waals surface area contributed by atoms with Crippen molar-refractivity contribution in [2.45, 2.75) is 32.6 Å². The van der Waals surface area contributed by atoms with Crippen molar-refractivity contribution in [3.05, 3.63) is 40.0 Å². The van der Waals surface area contributed by atoms with Crippen LogP contribution >= 0.6 is 11.3 Å². The number of nitrogen functional groups attached to an aromatic ring is 1. The molecule has 3 N–H and O–H groups in total. The lowest BCUT2D eigenvalue weighted by molar-refractivity contribution is 0.0951. The Hall–Kier alpha value is -1.95. The molecular weight excluding hydrogens is 284 g/mol. The highest BCUT2D eigenvalue weighted by molar-refractivity contribution is 7.09. The number of aromatic nitrogens is 2. The fraction of sp³-hybridized carbons (Fsp3) is 0.400. The molecule has 0 aromatic carbocycles. The number of anilines is 1. The van der Waals surface area contributed by atoms with E-state index in [0.717, 1.165) is 23.5 Å². The first kappa shape index (κ1) is 15.4. The number of nitrogens with two attached hydrogens (primary N) is 1. The molecule has 2 heterocycles. The van der Waals surface area contributed by atoms with Crippen LogP contribution in [0.25, 0.3) is 0 Å². The molecule has 0 spiro atoms. The van der Waals surface area contributed by atoms with E-state index in [1.165, 1.54) is 0 Å². The maximum absolute atomic E-state index is 12.2. The minimum Gasteiger partial charge on any atom is -0.384 e. The monoisotopic (exact) mass is 304 g/mol. The van der Waals surface area contributed by atoms with Crippen LogP contribution < -0.4 is 11.1 Å². The summed E-state index contributed by atoms with van der Waals surface area (Å²) < 4.78 is 0. The average molecular weight is 304 g/mol. The van der Waals surface area contributed by atoms with Gasteiger partial charge in [-0.1, -0.05) is 20.3 Å². The molecular formula is C15H20N4OS. The SMILES string of the molecule is CCCc1cc(C(=O)NCC(C)c2nccs2)cc(N)n1. The number of hydrogen-bond acceptors (Lipinski definition) is 5. The van der Waals surface area contributed by atoms with Gasteiger partial charge in [-0.05, 0) is 18.6 Å². The predicted octanol–water partition coefficient (Wildman–Crippen LogP) is 2.61. The summed E-state index contributed by atoms with van der Waals surface area (Å²) in [5, 5.41) is 5.89. The van der Waals surface area contributed by atoms with Crippen LogP contribution in [-0.4, -0.2) is 22.4 Å². The van der Waals surface area contributed by atoms with Gasteiger partial charge in [-0.2, -0.15) is 0 Å². The number of carbonyl (C=O) groups is 1. The van der Waals surface area contributed by atoms with Crippen molar-refractivity contribution >= 4 is 23.1 Å². The molecule has 1 amide bonds. The lowest BCUT2D eigenvalue weighted by Gasteiger charge is -2.11. The molecule has 2 aromatic rings. The summed E-state index contributed by atoms with van der Waals surface area (Å²) in [5.41, 5.74) is 7.19.